The van der Waals surface area contributed by atoms with E-state index in [1.165, 1.54) is 5.56 Å². The monoisotopic (exact) mass is 362 g/mol. The molecule has 0 aromatic heterocycles. The Labute approximate surface area is 153 Å². The summed E-state index contributed by atoms with van der Waals surface area (Å²) in [4.78, 5) is 10.9. The van der Waals surface area contributed by atoms with Crippen LogP contribution in [0.3, 0.4) is 0 Å². The molecule has 0 saturated heterocycles. The molecule has 0 radical (unpaired) electrons. The molecule has 5 heteroatoms. The summed E-state index contributed by atoms with van der Waals surface area (Å²) in [6, 6.07) is 11.2. The predicted octanol–water partition coefficient (Wildman–Crippen LogP) is 4.96. The third-order valence-electron chi connectivity index (χ3n) is 3.53. The van der Waals surface area contributed by atoms with Crippen molar-refractivity contribution in [1.29, 1.82) is 0 Å². The summed E-state index contributed by atoms with van der Waals surface area (Å²) in [6.07, 6.45) is 2.92. The van der Waals surface area contributed by atoms with Gasteiger partial charge >= 0.3 is 0 Å². The van der Waals surface area contributed by atoms with Crippen LogP contribution in [0.15, 0.2) is 36.4 Å². The van der Waals surface area contributed by atoms with Gasteiger partial charge in [-0.3, -0.25) is 4.79 Å². The number of halogens is 1. The van der Waals surface area contributed by atoms with Gasteiger partial charge in [-0.2, -0.15) is 0 Å². The smallest absolute Gasteiger partial charge is 0.179 e. The molecule has 2 aromatic carbocycles. The first-order chi connectivity index (χ1) is 12.2. The lowest BCUT2D eigenvalue weighted by Gasteiger charge is -2.14. The summed E-state index contributed by atoms with van der Waals surface area (Å²) in [5.74, 6) is 1.69. The molecule has 0 spiro atoms. The summed E-state index contributed by atoms with van der Waals surface area (Å²) < 4.78 is 16.9. The molecule has 0 N–H and O–H groups in total. The second-order valence-corrected chi connectivity index (χ2v) is 5.88. The summed E-state index contributed by atoms with van der Waals surface area (Å²) in [5.41, 5.74) is 1.75. The molecule has 134 valence electrons. The van der Waals surface area contributed by atoms with Crippen LogP contribution in [0.1, 0.15) is 36.2 Å². The van der Waals surface area contributed by atoms with E-state index in [9.17, 15) is 4.79 Å². The maximum atomic E-state index is 10.9. The van der Waals surface area contributed by atoms with Gasteiger partial charge in [0, 0.05) is 5.56 Å². The van der Waals surface area contributed by atoms with E-state index in [1.807, 2.05) is 19.1 Å². The average molecular weight is 363 g/mol. The number of hydrogen-bond donors (Lipinski definition) is 0. The van der Waals surface area contributed by atoms with Crippen molar-refractivity contribution in [3.8, 4) is 17.2 Å². The Morgan fingerprint density at radius 1 is 1.00 bits per heavy atom. The minimum Gasteiger partial charge on any atom is -0.490 e. The Kier molecular flexibility index (Phi) is 7.61. The van der Waals surface area contributed by atoms with E-state index in [-0.39, 0.29) is 0 Å². The Morgan fingerprint density at radius 2 is 1.72 bits per heavy atom. The van der Waals surface area contributed by atoms with Crippen LogP contribution in [0.2, 0.25) is 5.02 Å². The van der Waals surface area contributed by atoms with Gasteiger partial charge in [0.1, 0.15) is 25.2 Å². The fourth-order valence-electron chi connectivity index (χ4n) is 2.40. The number of aryl methyl sites for hydroxylation is 1. The second-order valence-electron chi connectivity index (χ2n) is 5.47. The average Bonchev–Trinajstić information content (AvgIpc) is 2.62. The highest BCUT2D eigenvalue weighted by Crippen LogP contribution is 2.36. The summed E-state index contributed by atoms with van der Waals surface area (Å²) >= 11 is 6.19. The van der Waals surface area contributed by atoms with E-state index >= 15 is 0 Å². The lowest BCUT2D eigenvalue weighted by molar-refractivity contribution is 0.112. The molecular formula is C20H23ClO4. The number of benzene rings is 2. The van der Waals surface area contributed by atoms with Crippen LogP contribution in [0.25, 0.3) is 0 Å². The normalized spacial score (nSPS) is 10.4. The van der Waals surface area contributed by atoms with Crippen molar-refractivity contribution in [2.24, 2.45) is 0 Å². The second kappa shape index (κ2) is 9.94. The molecule has 0 aliphatic heterocycles. The topological polar surface area (TPSA) is 44.8 Å². The zero-order valence-corrected chi connectivity index (χ0v) is 15.3. The van der Waals surface area contributed by atoms with Crippen molar-refractivity contribution in [3.63, 3.8) is 0 Å². The van der Waals surface area contributed by atoms with Crippen LogP contribution in [-0.4, -0.2) is 26.1 Å². The quantitative estimate of drug-likeness (QED) is 0.442. The van der Waals surface area contributed by atoms with Crippen LogP contribution >= 0.6 is 11.6 Å². The minimum atomic E-state index is 0.316. The molecule has 0 heterocycles. The van der Waals surface area contributed by atoms with Gasteiger partial charge in [0.25, 0.3) is 0 Å². The maximum absolute atomic E-state index is 10.9. The molecule has 0 saturated carbocycles. The lowest BCUT2D eigenvalue weighted by atomic mass is 10.1. The first kappa shape index (κ1) is 19.1. The predicted molar refractivity (Wildman–Crippen MR) is 99.4 cm³/mol. The first-order valence-corrected chi connectivity index (χ1v) is 8.81. The zero-order valence-electron chi connectivity index (χ0n) is 14.6. The molecule has 2 rings (SSSR count). The highest BCUT2D eigenvalue weighted by molar-refractivity contribution is 6.32. The SMILES string of the molecule is CCCc1ccc(OCCOc2c(Cl)cc(C=O)cc2OCC)cc1. The number of carbonyl (C=O) groups is 1. The molecule has 0 amide bonds. The molecule has 0 atom stereocenters. The molecule has 0 bridgehead atoms. The van der Waals surface area contributed by atoms with Gasteiger partial charge in [-0.15, -0.1) is 0 Å². The van der Waals surface area contributed by atoms with Crippen molar-refractivity contribution in [2.45, 2.75) is 26.7 Å². The van der Waals surface area contributed by atoms with E-state index in [0.29, 0.717) is 41.9 Å². The van der Waals surface area contributed by atoms with Gasteiger partial charge in [-0.1, -0.05) is 37.1 Å². The van der Waals surface area contributed by atoms with Gasteiger partial charge in [0.2, 0.25) is 0 Å². The Morgan fingerprint density at radius 3 is 2.36 bits per heavy atom. The molecular weight excluding hydrogens is 340 g/mol. The standard InChI is InChI=1S/C20H23ClO4/c1-3-5-15-6-8-17(9-7-15)24-10-11-25-20-18(21)12-16(14-22)13-19(20)23-4-2/h6-9,12-14H,3-5,10-11H2,1-2H3. The number of ether oxygens (including phenoxy) is 3. The largest absolute Gasteiger partial charge is 0.490 e. The highest BCUT2D eigenvalue weighted by atomic mass is 35.5. The van der Waals surface area contributed by atoms with Crippen LogP contribution in [-0.2, 0) is 6.42 Å². The number of carbonyl (C=O) groups excluding carboxylic acids is 1. The first-order valence-electron chi connectivity index (χ1n) is 8.44. The number of rotatable bonds is 10. The summed E-state index contributed by atoms with van der Waals surface area (Å²) in [6.45, 7) is 5.17. The third-order valence-corrected chi connectivity index (χ3v) is 3.81. The van der Waals surface area contributed by atoms with Crippen molar-refractivity contribution in [1.82, 2.24) is 0 Å². The molecule has 0 fully saturated rings. The number of hydrogen-bond acceptors (Lipinski definition) is 4. The van der Waals surface area contributed by atoms with Gasteiger partial charge in [0.05, 0.1) is 11.6 Å². The van der Waals surface area contributed by atoms with Crippen molar-refractivity contribution >= 4 is 17.9 Å². The van der Waals surface area contributed by atoms with E-state index in [2.05, 4.69) is 19.1 Å². The minimum absolute atomic E-state index is 0.316. The van der Waals surface area contributed by atoms with Gasteiger partial charge in [-0.25, -0.2) is 0 Å². The van der Waals surface area contributed by atoms with Crippen LogP contribution in [0.4, 0.5) is 0 Å². The Bertz CT molecular complexity index is 683. The fourth-order valence-corrected chi connectivity index (χ4v) is 2.68. The lowest BCUT2D eigenvalue weighted by Crippen LogP contribution is -2.10. The molecule has 4 nitrogen and oxygen atoms in total. The van der Waals surface area contributed by atoms with E-state index < -0.39 is 0 Å². The van der Waals surface area contributed by atoms with Crippen molar-refractivity contribution in [2.75, 3.05) is 19.8 Å². The van der Waals surface area contributed by atoms with E-state index in [4.69, 9.17) is 25.8 Å². The molecule has 0 unspecified atom stereocenters. The van der Waals surface area contributed by atoms with E-state index in [1.54, 1.807) is 12.1 Å². The molecule has 25 heavy (non-hydrogen) atoms. The Hall–Kier alpha value is -2.20. The van der Waals surface area contributed by atoms with Crippen LogP contribution in [0.5, 0.6) is 17.2 Å². The highest BCUT2D eigenvalue weighted by Gasteiger charge is 2.12. The maximum Gasteiger partial charge on any atom is 0.179 e. The zero-order chi connectivity index (χ0) is 18.1. The van der Waals surface area contributed by atoms with E-state index in [0.717, 1.165) is 24.9 Å². The van der Waals surface area contributed by atoms with Crippen molar-refractivity contribution < 1.29 is 19.0 Å². The number of aldehydes is 1. The van der Waals surface area contributed by atoms with Crippen LogP contribution < -0.4 is 14.2 Å². The van der Waals surface area contributed by atoms with Crippen molar-refractivity contribution in [3.05, 3.63) is 52.5 Å². The van der Waals surface area contributed by atoms with Gasteiger partial charge in [-0.05, 0) is 43.2 Å². The molecule has 0 aliphatic carbocycles. The van der Waals surface area contributed by atoms with Gasteiger partial charge in [0.15, 0.2) is 11.5 Å². The molecule has 2 aromatic rings. The third kappa shape index (κ3) is 5.68. The fraction of sp³-hybridized carbons (Fsp3) is 0.350. The van der Waals surface area contributed by atoms with Gasteiger partial charge < -0.3 is 14.2 Å². The Balaban J connectivity index is 1.91. The molecule has 0 aliphatic rings. The summed E-state index contributed by atoms with van der Waals surface area (Å²) in [5, 5.41) is 0.344. The summed E-state index contributed by atoms with van der Waals surface area (Å²) in [7, 11) is 0. The van der Waals surface area contributed by atoms with Crippen LogP contribution in [0, 0.1) is 0 Å².